The summed E-state index contributed by atoms with van der Waals surface area (Å²) in [4.78, 5) is 9.38. The highest BCUT2D eigenvalue weighted by atomic mass is 35.5. The van der Waals surface area contributed by atoms with Gasteiger partial charge in [-0.3, -0.25) is 0 Å². The van der Waals surface area contributed by atoms with Crippen molar-refractivity contribution in [2.75, 3.05) is 12.3 Å². The molecule has 0 aliphatic carbocycles. The van der Waals surface area contributed by atoms with Gasteiger partial charge in [0, 0.05) is 29.9 Å². The monoisotopic (exact) mass is 519 g/mol. The predicted molar refractivity (Wildman–Crippen MR) is 139 cm³/mol. The Morgan fingerprint density at radius 1 is 1.06 bits per heavy atom. The van der Waals surface area contributed by atoms with Crippen LogP contribution in [-0.2, 0) is 23.0 Å². The smallest absolute Gasteiger partial charge is 0.242 e. The number of anilines is 1. The predicted octanol–water partition coefficient (Wildman–Crippen LogP) is 5.57. The summed E-state index contributed by atoms with van der Waals surface area (Å²) in [6.45, 7) is 3.15. The third-order valence-corrected chi connectivity index (χ3v) is 7.91. The number of nitrogens with two attached hydrogens (primary N) is 1. The SMILES string of the molecule is CCCCc1nc2c(N)nc3ccccc3c2n1CCCCNS(=O)(=O)c1ccc(Cl)cc1Cl. The van der Waals surface area contributed by atoms with E-state index in [2.05, 4.69) is 21.2 Å². The fraction of sp³-hybridized carbons (Fsp3) is 0.333. The molecule has 0 spiro atoms. The van der Waals surface area contributed by atoms with Crippen LogP contribution in [0.1, 0.15) is 38.4 Å². The molecule has 0 aliphatic heterocycles. The minimum Gasteiger partial charge on any atom is -0.382 e. The Bertz CT molecular complexity index is 1440. The van der Waals surface area contributed by atoms with Crippen LogP contribution in [0.4, 0.5) is 5.82 Å². The van der Waals surface area contributed by atoms with Crippen LogP contribution in [0.5, 0.6) is 0 Å². The standard InChI is InChI=1S/C24H27Cl2N5O2S/c1-2-3-10-21-30-22-23(17-8-4-5-9-19(17)29-24(22)27)31(21)14-7-6-13-28-34(32,33)20-12-11-16(25)15-18(20)26/h4-5,8-9,11-12,15,28H,2-3,6-7,10,13-14H2,1H3,(H2,27,29). The van der Waals surface area contributed by atoms with Crippen molar-refractivity contribution in [2.24, 2.45) is 0 Å². The molecule has 0 fully saturated rings. The Morgan fingerprint density at radius 3 is 2.62 bits per heavy atom. The van der Waals surface area contributed by atoms with E-state index in [4.69, 9.17) is 33.9 Å². The highest BCUT2D eigenvalue weighted by molar-refractivity contribution is 7.89. The number of rotatable bonds is 10. The van der Waals surface area contributed by atoms with E-state index in [-0.39, 0.29) is 9.92 Å². The molecular formula is C24H27Cl2N5O2S. The van der Waals surface area contributed by atoms with Crippen molar-refractivity contribution >= 4 is 61.0 Å². The molecule has 10 heteroatoms. The molecule has 0 saturated carbocycles. The van der Waals surface area contributed by atoms with Gasteiger partial charge in [0.2, 0.25) is 10.0 Å². The molecule has 0 unspecified atom stereocenters. The quantitative estimate of drug-likeness (QED) is 0.266. The van der Waals surface area contributed by atoms with Gasteiger partial charge >= 0.3 is 0 Å². The van der Waals surface area contributed by atoms with Gasteiger partial charge in [0.15, 0.2) is 5.82 Å². The number of pyridine rings is 1. The molecule has 3 N–H and O–H groups in total. The van der Waals surface area contributed by atoms with Gasteiger partial charge in [-0.2, -0.15) is 0 Å². The number of imidazole rings is 1. The molecule has 2 heterocycles. The Balaban J connectivity index is 1.51. The first-order valence-electron chi connectivity index (χ1n) is 11.3. The first kappa shape index (κ1) is 24.7. The Kier molecular flexibility index (Phi) is 7.62. The third kappa shape index (κ3) is 5.15. The van der Waals surface area contributed by atoms with Crippen LogP contribution >= 0.6 is 23.2 Å². The Morgan fingerprint density at radius 2 is 1.85 bits per heavy atom. The number of nitrogens with zero attached hydrogens (tertiary/aromatic N) is 3. The molecular weight excluding hydrogens is 493 g/mol. The topological polar surface area (TPSA) is 103 Å². The normalized spacial score (nSPS) is 12.1. The highest BCUT2D eigenvalue weighted by Crippen LogP contribution is 2.30. The van der Waals surface area contributed by atoms with E-state index in [1.165, 1.54) is 18.2 Å². The molecule has 0 aliphatic rings. The van der Waals surface area contributed by atoms with Crippen molar-refractivity contribution in [3.8, 4) is 0 Å². The van der Waals surface area contributed by atoms with Crippen LogP contribution < -0.4 is 10.5 Å². The largest absolute Gasteiger partial charge is 0.382 e. The number of fused-ring (bicyclic) bond motifs is 3. The number of aryl methyl sites for hydroxylation is 2. The maximum absolute atomic E-state index is 12.6. The average molecular weight is 520 g/mol. The average Bonchev–Trinajstić information content (AvgIpc) is 3.16. The van der Waals surface area contributed by atoms with Gasteiger partial charge in [0.05, 0.1) is 16.1 Å². The number of nitrogen functional groups attached to an aromatic ring is 1. The number of nitrogens with one attached hydrogen (secondary N) is 1. The van der Waals surface area contributed by atoms with E-state index < -0.39 is 10.0 Å². The maximum Gasteiger partial charge on any atom is 0.242 e. The van der Waals surface area contributed by atoms with E-state index in [0.29, 0.717) is 30.4 Å². The molecule has 0 radical (unpaired) electrons. The van der Waals surface area contributed by atoms with Gasteiger partial charge in [-0.15, -0.1) is 0 Å². The second kappa shape index (κ2) is 10.5. The van der Waals surface area contributed by atoms with E-state index in [1.54, 1.807) is 0 Å². The van der Waals surface area contributed by atoms with Crippen LogP contribution in [0.3, 0.4) is 0 Å². The molecule has 34 heavy (non-hydrogen) atoms. The number of hydrogen-bond acceptors (Lipinski definition) is 5. The van der Waals surface area contributed by atoms with Crippen molar-refractivity contribution in [2.45, 2.75) is 50.5 Å². The fourth-order valence-electron chi connectivity index (χ4n) is 4.04. The summed E-state index contributed by atoms with van der Waals surface area (Å²) in [7, 11) is -3.72. The Hall–Kier alpha value is -2.39. The van der Waals surface area contributed by atoms with Crippen molar-refractivity contribution in [1.29, 1.82) is 0 Å². The number of hydrogen-bond donors (Lipinski definition) is 2. The minimum atomic E-state index is -3.72. The van der Waals surface area contributed by atoms with Crippen LogP contribution in [0.2, 0.25) is 10.0 Å². The van der Waals surface area contributed by atoms with Crippen molar-refractivity contribution in [3.63, 3.8) is 0 Å². The number of aromatic nitrogens is 3. The number of halogens is 2. The van der Waals surface area contributed by atoms with Crippen molar-refractivity contribution < 1.29 is 8.42 Å². The summed E-state index contributed by atoms with van der Waals surface area (Å²) >= 11 is 11.9. The first-order valence-corrected chi connectivity index (χ1v) is 13.5. The molecule has 0 amide bonds. The lowest BCUT2D eigenvalue weighted by Gasteiger charge is -2.12. The lowest BCUT2D eigenvalue weighted by atomic mass is 10.2. The van der Waals surface area contributed by atoms with Gasteiger partial charge in [0.1, 0.15) is 16.2 Å². The molecule has 2 aromatic carbocycles. The van der Waals surface area contributed by atoms with E-state index >= 15 is 0 Å². The number of benzene rings is 2. The van der Waals surface area contributed by atoms with Gasteiger partial charge in [-0.25, -0.2) is 23.1 Å². The van der Waals surface area contributed by atoms with Crippen LogP contribution in [0, 0.1) is 0 Å². The zero-order chi connectivity index (χ0) is 24.3. The molecule has 0 bridgehead atoms. The van der Waals surface area contributed by atoms with Crippen LogP contribution in [0.15, 0.2) is 47.4 Å². The molecule has 0 saturated heterocycles. The molecule has 2 aromatic heterocycles. The maximum atomic E-state index is 12.6. The lowest BCUT2D eigenvalue weighted by molar-refractivity contribution is 0.561. The summed E-state index contributed by atoms with van der Waals surface area (Å²) in [6, 6.07) is 12.3. The minimum absolute atomic E-state index is 0.0236. The molecule has 0 atom stereocenters. The van der Waals surface area contributed by atoms with Crippen LogP contribution in [0.25, 0.3) is 21.9 Å². The van der Waals surface area contributed by atoms with Gasteiger partial charge in [0.25, 0.3) is 0 Å². The summed E-state index contributed by atoms with van der Waals surface area (Å²) < 4.78 is 30.1. The van der Waals surface area contributed by atoms with Crippen LogP contribution in [-0.4, -0.2) is 29.5 Å². The summed E-state index contributed by atoms with van der Waals surface area (Å²) in [5.74, 6) is 1.41. The highest BCUT2D eigenvalue weighted by Gasteiger charge is 2.19. The van der Waals surface area contributed by atoms with E-state index in [9.17, 15) is 8.42 Å². The summed E-state index contributed by atoms with van der Waals surface area (Å²) in [5.41, 5.74) is 8.80. The lowest BCUT2D eigenvalue weighted by Crippen LogP contribution is -2.25. The second-order valence-corrected chi connectivity index (χ2v) is 10.8. The van der Waals surface area contributed by atoms with Gasteiger partial charge in [-0.1, -0.05) is 54.7 Å². The second-order valence-electron chi connectivity index (χ2n) is 8.17. The van der Waals surface area contributed by atoms with Crippen molar-refractivity contribution in [1.82, 2.24) is 19.3 Å². The number of para-hydroxylation sites is 1. The van der Waals surface area contributed by atoms with E-state index in [0.717, 1.165) is 53.4 Å². The fourth-order valence-corrected chi connectivity index (χ4v) is 5.89. The molecule has 7 nitrogen and oxygen atoms in total. The van der Waals surface area contributed by atoms with E-state index in [1.807, 2.05) is 24.3 Å². The van der Waals surface area contributed by atoms with Crippen molar-refractivity contribution in [3.05, 3.63) is 58.3 Å². The molecule has 4 aromatic rings. The Labute approximate surface area is 209 Å². The third-order valence-electron chi connectivity index (χ3n) is 5.73. The molecule has 4 rings (SSSR count). The summed E-state index contributed by atoms with van der Waals surface area (Å²) in [5, 5.41) is 1.50. The van der Waals surface area contributed by atoms with Gasteiger partial charge in [-0.05, 0) is 43.5 Å². The molecule has 180 valence electrons. The number of sulfonamides is 1. The zero-order valence-corrected chi connectivity index (χ0v) is 21.2. The first-order chi connectivity index (χ1) is 16.3. The number of unbranched alkanes of at least 4 members (excludes halogenated alkanes) is 2. The summed E-state index contributed by atoms with van der Waals surface area (Å²) in [6.07, 6.45) is 4.34. The zero-order valence-electron chi connectivity index (χ0n) is 18.9. The van der Waals surface area contributed by atoms with Gasteiger partial charge < -0.3 is 10.3 Å².